The summed E-state index contributed by atoms with van der Waals surface area (Å²) in [5.74, 6) is 3.47. The Bertz CT molecular complexity index is 1320. The number of anilines is 1. The molecule has 0 aliphatic carbocycles. The highest BCUT2D eigenvalue weighted by molar-refractivity contribution is 8.01. The topological polar surface area (TPSA) is 76.0 Å². The maximum atomic E-state index is 6.37. The summed E-state index contributed by atoms with van der Waals surface area (Å²) in [5, 5.41) is 4.40. The normalized spacial score (nSPS) is 21.2. The van der Waals surface area contributed by atoms with Gasteiger partial charge in [0.2, 0.25) is 5.71 Å². The number of hydrogen-bond donors (Lipinski definition) is 1. The number of nitrogens with one attached hydrogen (secondary N) is 1. The molecule has 4 heterocycles. The van der Waals surface area contributed by atoms with Crippen molar-refractivity contribution in [1.82, 2.24) is 14.9 Å². The van der Waals surface area contributed by atoms with E-state index in [9.17, 15) is 0 Å². The lowest BCUT2D eigenvalue weighted by molar-refractivity contribution is 0.261. The van der Waals surface area contributed by atoms with Gasteiger partial charge in [0.05, 0.1) is 5.39 Å². The molecule has 1 spiro atoms. The number of ether oxygens (including phenoxy) is 2. The predicted octanol–water partition coefficient (Wildman–Crippen LogP) is 5.49. The lowest BCUT2D eigenvalue weighted by Crippen LogP contribution is -2.19. The van der Waals surface area contributed by atoms with Gasteiger partial charge in [0.25, 0.3) is 0 Å². The number of fused-ring (bicyclic) bond motifs is 1. The second-order valence-electron chi connectivity index (χ2n) is 9.16. The molecule has 2 aliphatic rings. The lowest BCUT2D eigenvalue weighted by Gasteiger charge is -2.11. The molecule has 35 heavy (non-hydrogen) atoms. The van der Waals surface area contributed by atoms with Crippen molar-refractivity contribution >= 4 is 28.7 Å². The standard InChI is InChI=1S/C27H28N4O3S/c1-31(2)14-15-32-20-11-9-19(10-12-20)23-21(18-7-4-3-5-8-18)22-24(28-17-29-25(22)33-23)30-26-27(34-26)13-6-16-35-27/h3-5,7-12,17,26H,6,13-16H2,1-2H3,(H,28,29,30)/t26-,27-/m1/s1. The van der Waals surface area contributed by atoms with E-state index in [0.29, 0.717) is 12.3 Å². The van der Waals surface area contributed by atoms with Crippen LogP contribution in [0.3, 0.4) is 0 Å². The number of likely N-dealkylation sites (N-methyl/N-ethyl adjacent to an activating group) is 1. The number of aromatic nitrogens is 2. The zero-order chi connectivity index (χ0) is 23.8. The summed E-state index contributed by atoms with van der Waals surface area (Å²) < 4.78 is 18.3. The van der Waals surface area contributed by atoms with Crippen LogP contribution in [0, 0.1) is 0 Å². The third-order valence-electron chi connectivity index (χ3n) is 6.42. The van der Waals surface area contributed by atoms with Gasteiger partial charge in [0, 0.05) is 17.7 Å². The minimum atomic E-state index is -0.112. The Morgan fingerprint density at radius 3 is 2.66 bits per heavy atom. The molecule has 0 unspecified atom stereocenters. The molecule has 180 valence electrons. The first-order valence-corrected chi connectivity index (χ1v) is 12.9. The molecule has 2 fully saturated rings. The van der Waals surface area contributed by atoms with Crippen LogP contribution in [0.25, 0.3) is 33.6 Å². The summed E-state index contributed by atoms with van der Waals surface area (Å²) in [4.78, 5) is 11.1. The first kappa shape index (κ1) is 22.4. The molecule has 2 atom stereocenters. The highest BCUT2D eigenvalue weighted by atomic mass is 32.2. The van der Waals surface area contributed by atoms with Crippen LogP contribution in [0.2, 0.25) is 0 Å². The molecule has 7 nitrogen and oxygen atoms in total. The third-order valence-corrected chi connectivity index (χ3v) is 7.91. The predicted molar refractivity (Wildman–Crippen MR) is 140 cm³/mol. The largest absolute Gasteiger partial charge is 0.492 e. The SMILES string of the molecule is CN(C)CCOc1ccc(-c2oc3ncnc(N[C@@H]4O[C@@]45CCCS5)c3c2-c2ccccc2)cc1. The van der Waals surface area contributed by atoms with Crippen molar-refractivity contribution < 1.29 is 13.9 Å². The molecule has 2 aliphatic heterocycles. The average Bonchev–Trinajstić information content (AvgIpc) is 3.19. The van der Waals surface area contributed by atoms with Gasteiger partial charge in [0.1, 0.15) is 30.3 Å². The van der Waals surface area contributed by atoms with Gasteiger partial charge >= 0.3 is 0 Å². The van der Waals surface area contributed by atoms with Gasteiger partial charge in [0.15, 0.2) is 11.2 Å². The van der Waals surface area contributed by atoms with E-state index in [0.717, 1.165) is 58.1 Å². The molecular formula is C27H28N4O3S. The summed E-state index contributed by atoms with van der Waals surface area (Å²) >= 11 is 1.89. The van der Waals surface area contributed by atoms with Crippen LogP contribution in [0.5, 0.6) is 5.75 Å². The Labute approximate surface area is 208 Å². The van der Waals surface area contributed by atoms with Crippen LogP contribution in [-0.4, -0.2) is 59.0 Å². The molecular weight excluding hydrogens is 460 g/mol. The zero-order valence-electron chi connectivity index (χ0n) is 19.9. The molecule has 8 heteroatoms. The molecule has 2 saturated heterocycles. The number of rotatable bonds is 8. The summed E-state index contributed by atoms with van der Waals surface area (Å²) in [6.07, 6.45) is 3.75. The Morgan fingerprint density at radius 2 is 1.91 bits per heavy atom. The Hall–Kier alpha value is -3.07. The van der Waals surface area contributed by atoms with Crippen molar-refractivity contribution in [3.05, 3.63) is 60.9 Å². The summed E-state index contributed by atoms with van der Waals surface area (Å²) in [5.41, 5.74) is 3.53. The number of nitrogens with zero attached hydrogens (tertiary/aromatic N) is 3. The Kier molecular flexibility index (Phi) is 5.88. The van der Waals surface area contributed by atoms with E-state index >= 15 is 0 Å². The van der Waals surface area contributed by atoms with Crippen molar-refractivity contribution in [2.24, 2.45) is 0 Å². The third kappa shape index (κ3) is 4.37. The van der Waals surface area contributed by atoms with Crippen LogP contribution in [-0.2, 0) is 4.74 Å². The monoisotopic (exact) mass is 488 g/mol. The van der Waals surface area contributed by atoms with E-state index < -0.39 is 0 Å². The molecule has 0 bridgehead atoms. The smallest absolute Gasteiger partial charge is 0.232 e. The molecule has 0 radical (unpaired) electrons. The van der Waals surface area contributed by atoms with Gasteiger partial charge in [-0.1, -0.05) is 30.3 Å². The van der Waals surface area contributed by atoms with Crippen molar-refractivity contribution in [1.29, 1.82) is 0 Å². The summed E-state index contributed by atoms with van der Waals surface area (Å²) in [6, 6.07) is 18.3. The number of hydrogen-bond acceptors (Lipinski definition) is 8. The Balaban J connectivity index is 1.38. The second-order valence-corrected chi connectivity index (χ2v) is 10.5. The molecule has 2 aromatic carbocycles. The summed E-state index contributed by atoms with van der Waals surface area (Å²) in [7, 11) is 4.07. The summed E-state index contributed by atoms with van der Waals surface area (Å²) in [6.45, 7) is 1.50. The van der Waals surface area contributed by atoms with E-state index in [2.05, 4.69) is 32.3 Å². The van der Waals surface area contributed by atoms with Crippen LogP contribution in [0.1, 0.15) is 12.8 Å². The molecule has 0 amide bonds. The fraction of sp³-hybridized carbons (Fsp3) is 0.333. The lowest BCUT2D eigenvalue weighted by atomic mass is 9.99. The first-order chi connectivity index (χ1) is 17.1. The van der Waals surface area contributed by atoms with Gasteiger partial charge in [-0.15, -0.1) is 11.8 Å². The van der Waals surface area contributed by atoms with Gasteiger partial charge < -0.3 is 24.1 Å². The van der Waals surface area contributed by atoms with Crippen molar-refractivity contribution in [3.63, 3.8) is 0 Å². The fourth-order valence-corrected chi connectivity index (χ4v) is 5.84. The van der Waals surface area contributed by atoms with Crippen LogP contribution < -0.4 is 10.1 Å². The fourth-order valence-electron chi connectivity index (χ4n) is 4.54. The van der Waals surface area contributed by atoms with Gasteiger partial charge in [-0.2, -0.15) is 0 Å². The van der Waals surface area contributed by atoms with Crippen molar-refractivity contribution in [2.45, 2.75) is 24.0 Å². The van der Waals surface area contributed by atoms with Gasteiger partial charge in [-0.25, -0.2) is 9.97 Å². The maximum absolute atomic E-state index is 6.37. The minimum Gasteiger partial charge on any atom is -0.492 e. The Morgan fingerprint density at radius 1 is 1.09 bits per heavy atom. The number of furan rings is 1. The number of benzene rings is 2. The van der Waals surface area contributed by atoms with Gasteiger partial charge in [-0.3, -0.25) is 0 Å². The average molecular weight is 489 g/mol. The van der Waals surface area contributed by atoms with Gasteiger partial charge in [-0.05, 0) is 62.5 Å². The van der Waals surface area contributed by atoms with E-state index in [-0.39, 0.29) is 11.2 Å². The van der Waals surface area contributed by atoms with Crippen LogP contribution in [0.15, 0.2) is 65.3 Å². The molecule has 1 N–H and O–H groups in total. The highest BCUT2D eigenvalue weighted by Gasteiger charge is 2.59. The van der Waals surface area contributed by atoms with Crippen molar-refractivity contribution in [3.8, 4) is 28.2 Å². The molecule has 6 rings (SSSR count). The van der Waals surface area contributed by atoms with Crippen LogP contribution >= 0.6 is 11.8 Å². The minimum absolute atomic E-state index is 0.0475. The first-order valence-electron chi connectivity index (χ1n) is 11.9. The maximum Gasteiger partial charge on any atom is 0.232 e. The van der Waals surface area contributed by atoms with E-state index in [1.54, 1.807) is 6.33 Å². The number of epoxide rings is 1. The highest BCUT2D eigenvalue weighted by Crippen LogP contribution is 2.55. The quantitative estimate of drug-likeness (QED) is 0.326. The molecule has 0 saturated carbocycles. The van der Waals surface area contributed by atoms with Crippen LogP contribution in [0.4, 0.5) is 5.82 Å². The van der Waals surface area contributed by atoms with Crippen molar-refractivity contribution in [2.75, 3.05) is 38.3 Å². The molecule has 2 aromatic heterocycles. The second kappa shape index (κ2) is 9.18. The zero-order valence-corrected chi connectivity index (χ0v) is 20.7. The number of thioether (sulfide) groups is 1. The van der Waals surface area contributed by atoms with E-state index in [1.807, 2.05) is 68.3 Å². The van der Waals surface area contributed by atoms with E-state index in [4.69, 9.17) is 13.9 Å². The van der Waals surface area contributed by atoms with E-state index in [1.165, 1.54) is 6.42 Å². The molecule has 4 aromatic rings.